The first-order valence-electron chi connectivity index (χ1n) is 7.37. The molecule has 0 spiro atoms. The minimum atomic E-state index is -1.05. The van der Waals surface area contributed by atoms with Crippen LogP contribution in [0.2, 0.25) is 0 Å². The molecule has 126 valence electrons. The highest BCUT2D eigenvalue weighted by atomic mass is 79.9. The average Bonchev–Trinajstić information content (AvgIpc) is 2.59. The van der Waals surface area contributed by atoms with Crippen LogP contribution < -0.4 is 10.1 Å². The van der Waals surface area contributed by atoms with Gasteiger partial charge in [-0.2, -0.15) is 0 Å². The molecule has 0 aliphatic carbocycles. The van der Waals surface area contributed by atoms with Crippen molar-refractivity contribution in [2.45, 2.75) is 19.0 Å². The van der Waals surface area contributed by atoms with Crippen LogP contribution in [0.4, 0.5) is 0 Å². The molecule has 2 aromatic carbocycles. The molecule has 0 fully saturated rings. The van der Waals surface area contributed by atoms with Gasteiger partial charge in [-0.05, 0) is 29.8 Å². The molecule has 0 saturated heterocycles. The number of carboxylic acid groups (broad SMARTS) is 1. The third kappa shape index (κ3) is 5.18. The van der Waals surface area contributed by atoms with Crippen LogP contribution in [0.5, 0.6) is 5.75 Å². The Morgan fingerprint density at radius 1 is 1.12 bits per heavy atom. The third-order valence-electron chi connectivity index (χ3n) is 3.57. The Balaban J connectivity index is 1.97. The van der Waals surface area contributed by atoms with E-state index in [4.69, 9.17) is 4.74 Å². The Hall–Kier alpha value is -2.18. The Labute approximate surface area is 148 Å². The lowest BCUT2D eigenvalue weighted by molar-refractivity contribution is -0.139. The minimum absolute atomic E-state index is 0.104. The number of rotatable bonds is 8. The molecule has 24 heavy (non-hydrogen) atoms. The van der Waals surface area contributed by atoms with Crippen molar-refractivity contribution in [1.82, 2.24) is 5.32 Å². The van der Waals surface area contributed by atoms with Gasteiger partial charge in [0.05, 0.1) is 7.11 Å². The van der Waals surface area contributed by atoms with E-state index in [0.717, 1.165) is 15.8 Å². The van der Waals surface area contributed by atoms with Gasteiger partial charge in [0.1, 0.15) is 11.8 Å². The van der Waals surface area contributed by atoms with E-state index in [-0.39, 0.29) is 12.2 Å². The number of ketones is 1. The van der Waals surface area contributed by atoms with E-state index in [1.54, 1.807) is 43.5 Å². The summed E-state index contributed by atoms with van der Waals surface area (Å²) in [6, 6.07) is 13.2. The number of carbonyl (C=O) groups excluding carboxylic acids is 1. The Morgan fingerprint density at radius 2 is 1.75 bits per heavy atom. The highest BCUT2D eigenvalue weighted by molar-refractivity contribution is 9.10. The minimum Gasteiger partial charge on any atom is -0.497 e. The molecule has 1 atom stereocenters. The van der Waals surface area contributed by atoms with Gasteiger partial charge in [0.15, 0.2) is 5.78 Å². The molecule has 0 aliphatic rings. The number of benzene rings is 2. The number of carboxylic acids is 1. The summed E-state index contributed by atoms with van der Waals surface area (Å²) in [5.74, 6) is -0.523. The molecule has 5 nitrogen and oxygen atoms in total. The van der Waals surface area contributed by atoms with Crippen LogP contribution in [0.1, 0.15) is 22.3 Å². The highest BCUT2D eigenvalue weighted by Crippen LogP contribution is 2.14. The number of nitrogens with one attached hydrogen (secondary N) is 1. The first-order valence-corrected chi connectivity index (χ1v) is 8.17. The van der Waals surface area contributed by atoms with Crippen molar-refractivity contribution in [2.24, 2.45) is 0 Å². The second-order valence-electron chi connectivity index (χ2n) is 5.25. The monoisotopic (exact) mass is 391 g/mol. The summed E-state index contributed by atoms with van der Waals surface area (Å²) < 4.78 is 5.95. The van der Waals surface area contributed by atoms with E-state index in [0.29, 0.717) is 12.1 Å². The van der Waals surface area contributed by atoms with Gasteiger partial charge in [0.25, 0.3) is 0 Å². The summed E-state index contributed by atoms with van der Waals surface area (Å²) in [6.07, 6.45) is -0.104. The summed E-state index contributed by atoms with van der Waals surface area (Å²) in [7, 11) is 1.58. The largest absolute Gasteiger partial charge is 0.497 e. The Bertz CT molecular complexity index is 698. The van der Waals surface area contributed by atoms with Crippen molar-refractivity contribution in [3.05, 3.63) is 64.1 Å². The number of hydrogen-bond acceptors (Lipinski definition) is 4. The predicted molar refractivity (Wildman–Crippen MR) is 94.3 cm³/mol. The molecule has 0 radical (unpaired) electrons. The molecule has 0 amide bonds. The molecule has 2 rings (SSSR count). The van der Waals surface area contributed by atoms with Crippen molar-refractivity contribution >= 4 is 27.7 Å². The van der Waals surface area contributed by atoms with Crippen LogP contribution >= 0.6 is 15.9 Å². The maximum absolute atomic E-state index is 12.2. The lowest BCUT2D eigenvalue weighted by Gasteiger charge is -2.14. The summed E-state index contributed by atoms with van der Waals surface area (Å²) in [6.45, 7) is 0.356. The van der Waals surface area contributed by atoms with Gasteiger partial charge < -0.3 is 9.84 Å². The third-order valence-corrected chi connectivity index (χ3v) is 4.09. The summed E-state index contributed by atoms with van der Waals surface area (Å²) in [5, 5.41) is 12.2. The van der Waals surface area contributed by atoms with Gasteiger partial charge in [-0.15, -0.1) is 0 Å². The fraction of sp³-hybridized carbons (Fsp3) is 0.222. The van der Waals surface area contributed by atoms with Gasteiger partial charge in [0, 0.05) is 23.0 Å². The van der Waals surface area contributed by atoms with E-state index < -0.39 is 12.0 Å². The van der Waals surface area contributed by atoms with Crippen LogP contribution in [0.15, 0.2) is 53.0 Å². The second-order valence-corrected chi connectivity index (χ2v) is 6.17. The summed E-state index contributed by atoms with van der Waals surface area (Å²) in [5.41, 5.74) is 1.41. The quantitative estimate of drug-likeness (QED) is 0.675. The van der Waals surface area contributed by atoms with E-state index in [1.807, 2.05) is 12.1 Å². The van der Waals surface area contributed by atoms with E-state index in [9.17, 15) is 14.7 Å². The van der Waals surface area contributed by atoms with Gasteiger partial charge in [-0.3, -0.25) is 14.9 Å². The van der Waals surface area contributed by atoms with Crippen molar-refractivity contribution in [3.63, 3.8) is 0 Å². The maximum Gasteiger partial charge on any atom is 0.321 e. The Morgan fingerprint density at radius 3 is 2.29 bits per heavy atom. The molecular formula is C18H18BrNO4. The van der Waals surface area contributed by atoms with Crippen LogP contribution in [0.3, 0.4) is 0 Å². The highest BCUT2D eigenvalue weighted by Gasteiger charge is 2.21. The zero-order chi connectivity index (χ0) is 17.5. The van der Waals surface area contributed by atoms with Crippen molar-refractivity contribution in [2.75, 3.05) is 7.11 Å². The lowest BCUT2D eigenvalue weighted by Crippen LogP contribution is -2.38. The van der Waals surface area contributed by atoms with E-state index in [1.165, 1.54) is 0 Å². The average molecular weight is 392 g/mol. The Kier molecular flexibility index (Phi) is 6.52. The van der Waals surface area contributed by atoms with Crippen LogP contribution in [-0.4, -0.2) is 30.0 Å². The fourth-order valence-electron chi connectivity index (χ4n) is 2.17. The number of halogens is 1. The van der Waals surface area contributed by atoms with Crippen molar-refractivity contribution < 1.29 is 19.4 Å². The van der Waals surface area contributed by atoms with Crippen molar-refractivity contribution in [1.29, 1.82) is 0 Å². The molecular weight excluding hydrogens is 374 g/mol. The van der Waals surface area contributed by atoms with E-state index >= 15 is 0 Å². The number of Topliss-reactive ketones (excluding diaryl/α,β-unsaturated/α-hetero) is 1. The zero-order valence-corrected chi connectivity index (χ0v) is 14.7. The normalized spacial score (nSPS) is 11.8. The number of aliphatic carboxylic acids is 1. The standard InChI is InChI=1S/C18H18BrNO4/c1-24-15-8-2-12(3-9-15)11-20-16(18(22)23)10-17(21)13-4-6-14(19)7-5-13/h2-9,16,20H,10-11H2,1H3,(H,22,23). The SMILES string of the molecule is COc1ccc(CNC(CC(=O)c2ccc(Br)cc2)C(=O)O)cc1. The van der Waals surface area contributed by atoms with Gasteiger partial charge in [-0.1, -0.05) is 40.2 Å². The van der Waals surface area contributed by atoms with Crippen LogP contribution in [0.25, 0.3) is 0 Å². The number of hydrogen-bond donors (Lipinski definition) is 2. The number of ether oxygens (including phenoxy) is 1. The summed E-state index contributed by atoms with van der Waals surface area (Å²) in [4.78, 5) is 23.6. The van der Waals surface area contributed by atoms with Gasteiger partial charge in [-0.25, -0.2) is 0 Å². The molecule has 1 unspecified atom stereocenters. The van der Waals surface area contributed by atoms with Crippen LogP contribution in [0, 0.1) is 0 Å². The molecule has 0 saturated carbocycles. The summed E-state index contributed by atoms with van der Waals surface area (Å²) >= 11 is 3.30. The molecule has 0 bridgehead atoms. The molecule has 2 N–H and O–H groups in total. The first-order chi connectivity index (χ1) is 11.5. The van der Waals surface area contributed by atoms with E-state index in [2.05, 4.69) is 21.2 Å². The second kappa shape index (κ2) is 8.61. The lowest BCUT2D eigenvalue weighted by atomic mass is 10.0. The molecule has 0 heterocycles. The molecule has 0 aliphatic heterocycles. The number of carbonyl (C=O) groups is 2. The smallest absolute Gasteiger partial charge is 0.321 e. The zero-order valence-electron chi connectivity index (χ0n) is 13.2. The van der Waals surface area contributed by atoms with Gasteiger partial charge >= 0.3 is 5.97 Å². The van der Waals surface area contributed by atoms with Crippen LogP contribution in [-0.2, 0) is 11.3 Å². The topological polar surface area (TPSA) is 75.6 Å². The first kappa shape index (κ1) is 18.2. The fourth-order valence-corrected chi connectivity index (χ4v) is 2.43. The molecule has 6 heteroatoms. The van der Waals surface area contributed by atoms with Crippen molar-refractivity contribution in [3.8, 4) is 5.75 Å². The van der Waals surface area contributed by atoms with Gasteiger partial charge in [0.2, 0.25) is 0 Å². The molecule has 2 aromatic rings. The maximum atomic E-state index is 12.2. The molecule has 0 aromatic heterocycles. The predicted octanol–water partition coefficient (Wildman–Crippen LogP) is 3.27. The number of methoxy groups -OCH3 is 1.